The Labute approximate surface area is 166 Å². The molecule has 2 N–H and O–H groups in total. The van der Waals surface area contributed by atoms with Gasteiger partial charge in [-0.05, 0) is 24.1 Å². The maximum Gasteiger partial charge on any atom is 0.269 e. The smallest absolute Gasteiger partial charge is 0.269 e. The topological polar surface area (TPSA) is 66.0 Å². The van der Waals surface area contributed by atoms with Crippen molar-refractivity contribution in [3.63, 3.8) is 0 Å². The van der Waals surface area contributed by atoms with Gasteiger partial charge in [0.2, 0.25) is 0 Å². The fourth-order valence-electron chi connectivity index (χ4n) is 3.22. The fourth-order valence-corrected chi connectivity index (χ4v) is 3.46. The van der Waals surface area contributed by atoms with E-state index in [1.807, 2.05) is 23.3 Å². The first-order chi connectivity index (χ1) is 13.0. The van der Waals surface area contributed by atoms with Gasteiger partial charge in [0.1, 0.15) is 5.84 Å². The number of aliphatic imine (C=N–C) groups is 1. The molecule has 148 valence electrons. The molecular formula is C20H29ClN4O2. The SMILES string of the molecule is C=C(Cl)/C(=C1/C=CNC1=NC)C1C=C(C(=O)N(CCCC)CCOC)NC1. The molecule has 0 fully saturated rings. The summed E-state index contributed by atoms with van der Waals surface area (Å²) >= 11 is 6.32. The van der Waals surface area contributed by atoms with Gasteiger partial charge in [0.25, 0.3) is 5.91 Å². The molecule has 0 saturated heterocycles. The van der Waals surface area contributed by atoms with Crippen LogP contribution < -0.4 is 10.6 Å². The van der Waals surface area contributed by atoms with Gasteiger partial charge in [0, 0.05) is 56.5 Å². The van der Waals surface area contributed by atoms with Crippen LogP contribution in [-0.4, -0.2) is 57.0 Å². The van der Waals surface area contributed by atoms with Crippen molar-refractivity contribution in [3.05, 3.63) is 46.8 Å². The highest BCUT2D eigenvalue weighted by atomic mass is 35.5. The van der Waals surface area contributed by atoms with Crippen LogP contribution in [0.4, 0.5) is 0 Å². The molecule has 2 aliphatic heterocycles. The zero-order valence-corrected chi connectivity index (χ0v) is 17.1. The van der Waals surface area contributed by atoms with Crippen LogP contribution in [0, 0.1) is 5.92 Å². The maximum absolute atomic E-state index is 13.0. The Morgan fingerprint density at radius 3 is 2.89 bits per heavy atom. The van der Waals surface area contributed by atoms with Gasteiger partial charge in [-0.2, -0.15) is 0 Å². The van der Waals surface area contributed by atoms with Crippen LogP contribution in [0.15, 0.2) is 51.8 Å². The molecule has 0 bridgehead atoms. The number of allylic oxidation sites excluding steroid dienone is 1. The zero-order chi connectivity index (χ0) is 19.8. The lowest BCUT2D eigenvalue weighted by Gasteiger charge is -2.22. The molecule has 6 nitrogen and oxygen atoms in total. The standard InChI is InChI=1S/C20H29ClN4O2/c1-5-6-9-25(10-11-27-4)20(26)17-12-15(13-24-17)18(14(2)21)16-7-8-23-19(16)22-3/h7-8,12,15,24H,2,5-6,9-11,13H2,1,3-4H3,(H,22,23)/b18-16+. The van der Waals surface area contributed by atoms with E-state index >= 15 is 0 Å². The van der Waals surface area contributed by atoms with E-state index < -0.39 is 0 Å². The highest BCUT2D eigenvalue weighted by Gasteiger charge is 2.29. The molecule has 2 heterocycles. The van der Waals surface area contributed by atoms with Crippen molar-refractivity contribution in [2.45, 2.75) is 19.8 Å². The molecule has 27 heavy (non-hydrogen) atoms. The lowest BCUT2D eigenvalue weighted by molar-refractivity contribution is -0.128. The minimum atomic E-state index is -0.0410. The summed E-state index contributed by atoms with van der Waals surface area (Å²) in [6.45, 7) is 8.45. The van der Waals surface area contributed by atoms with Crippen molar-refractivity contribution >= 4 is 23.3 Å². The van der Waals surface area contributed by atoms with Crippen molar-refractivity contribution in [3.8, 4) is 0 Å². The summed E-state index contributed by atoms with van der Waals surface area (Å²) in [7, 11) is 3.37. The number of nitrogens with one attached hydrogen (secondary N) is 2. The number of hydrogen-bond acceptors (Lipinski definition) is 4. The predicted octanol–water partition coefficient (Wildman–Crippen LogP) is 2.56. The molecule has 0 radical (unpaired) electrons. The van der Waals surface area contributed by atoms with Crippen LogP contribution in [0.1, 0.15) is 19.8 Å². The third-order valence-electron chi connectivity index (χ3n) is 4.65. The minimum absolute atomic E-state index is 0.00277. The third kappa shape index (κ3) is 5.23. The van der Waals surface area contributed by atoms with Gasteiger partial charge in [-0.1, -0.05) is 31.5 Å². The average Bonchev–Trinajstić information content (AvgIpc) is 3.31. The molecule has 0 aromatic rings. The molecule has 0 saturated carbocycles. The van der Waals surface area contributed by atoms with Crippen LogP contribution in [0.3, 0.4) is 0 Å². The first kappa shape index (κ1) is 21.3. The lowest BCUT2D eigenvalue weighted by atomic mass is 9.94. The van der Waals surface area contributed by atoms with Crippen LogP contribution in [0.2, 0.25) is 0 Å². The molecule has 1 atom stereocenters. The first-order valence-corrected chi connectivity index (χ1v) is 9.64. The molecule has 7 heteroatoms. The number of carbonyl (C=O) groups excluding carboxylic acids is 1. The largest absolute Gasteiger partial charge is 0.383 e. The Bertz CT molecular complexity index is 686. The van der Waals surface area contributed by atoms with E-state index in [1.165, 1.54) is 0 Å². The Balaban J connectivity index is 2.24. The van der Waals surface area contributed by atoms with Crippen molar-refractivity contribution in [1.82, 2.24) is 15.5 Å². The Hall–Kier alpha value is -2.05. The second-order valence-electron chi connectivity index (χ2n) is 6.49. The summed E-state index contributed by atoms with van der Waals surface area (Å²) in [6, 6.07) is 0. The summed E-state index contributed by atoms with van der Waals surface area (Å²) in [5.41, 5.74) is 2.40. The van der Waals surface area contributed by atoms with Crippen LogP contribution >= 0.6 is 11.6 Å². The van der Waals surface area contributed by atoms with Gasteiger partial charge >= 0.3 is 0 Å². The molecule has 2 aliphatic rings. The van der Waals surface area contributed by atoms with Crippen molar-refractivity contribution in [1.29, 1.82) is 0 Å². The van der Waals surface area contributed by atoms with Gasteiger partial charge in [0.05, 0.1) is 12.3 Å². The van der Waals surface area contributed by atoms with E-state index in [0.29, 0.717) is 30.4 Å². The van der Waals surface area contributed by atoms with Crippen LogP contribution in [-0.2, 0) is 9.53 Å². The Morgan fingerprint density at radius 2 is 2.26 bits per heavy atom. The average molecular weight is 393 g/mol. The van der Waals surface area contributed by atoms with Gasteiger partial charge in [0.15, 0.2) is 0 Å². The third-order valence-corrected chi connectivity index (χ3v) is 4.85. The van der Waals surface area contributed by atoms with Crippen LogP contribution in [0.25, 0.3) is 0 Å². The number of hydrogen-bond donors (Lipinski definition) is 2. The fraction of sp³-hybridized carbons (Fsp3) is 0.500. The predicted molar refractivity (Wildman–Crippen MR) is 111 cm³/mol. The van der Waals surface area contributed by atoms with E-state index in [9.17, 15) is 4.79 Å². The number of carbonyl (C=O) groups is 1. The Morgan fingerprint density at radius 1 is 1.48 bits per heavy atom. The minimum Gasteiger partial charge on any atom is -0.383 e. The van der Waals surface area contributed by atoms with Crippen molar-refractivity contribution in [2.24, 2.45) is 10.9 Å². The van der Waals surface area contributed by atoms with Gasteiger partial charge < -0.3 is 20.3 Å². The van der Waals surface area contributed by atoms with Gasteiger partial charge in [-0.3, -0.25) is 9.79 Å². The number of halogens is 1. The zero-order valence-electron chi connectivity index (χ0n) is 16.3. The quantitative estimate of drug-likeness (QED) is 0.633. The lowest BCUT2D eigenvalue weighted by Crippen LogP contribution is -2.38. The van der Waals surface area contributed by atoms with Gasteiger partial charge in [-0.25, -0.2) is 0 Å². The summed E-state index contributed by atoms with van der Waals surface area (Å²) in [4.78, 5) is 19.0. The molecule has 1 unspecified atom stereocenters. The molecule has 0 spiro atoms. The Kier molecular flexibility index (Phi) is 8.13. The number of methoxy groups -OCH3 is 1. The molecule has 0 aliphatic carbocycles. The molecule has 2 rings (SSSR count). The van der Waals surface area contributed by atoms with E-state index in [2.05, 4.69) is 29.1 Å². The molecule has 0 aromatic carbocycles. The number of unbranched alkanes of at least 4 members (excludes halogenated alkanes) is 1. The number of amidine groups is 1. The van der Waals surface area contributed by atoms with E-state index in [1.54, 1.807) is 14.2 Å². The van der Waals surface area contributed by atoms with Crippen LogP contribution in [0.5, 0.6) is 0 Å². The van der Waals surface area contributed by atoms with Crippen molar-refractivity contribution < 1.29 is 9.53 Å². The van der Waals surface area contributed by atoms with Gasteiger partial charge in [-0.15, -0.1) is 0 Å². The summed E-state index contributed by atoms with van der Waals surface area (Å²) in [6.07, 6.45) is 7.71. The molecule has 1 amide bonds. The summed E-state index contributed by atoms with van der Waals surface area (Å²) < 4.78 is 5.15. The number of nitrogens with zero attached hydrogens (tertiary/aromatic N) is 2. The number of amides is 1. The second-order valence-corrected chi connectivity index (χ2v) is 6.94. The number of rotatable bonds is 9. The monoisotopic (exact) mass is 392 g/mol. The second kappa shape index (κ2) is 10.3. The molecular weight excluding hydrogens is 364 g/mol. The summed E-state index contributed by atoms with van der Waals surface area (Å²) in [5, 5.41) is 6.79. The molecule has 0 aromatic heterocycles. The summed E-state index contributed by atoms with van der Waals surface area (Å²) in [5.74, 6) is 0.711. The van der Waals surface area contributed by atoms with E-state index in [0.717, 1.165) is 36.4 Å². The van der Waals surface area contributed by atoms with E-state index in [-0.39, 0.29) is 11.8 Å². The maximum atomic E-state index is 13.0. The number of ether oxygens (including phenoxy) is 1. The first-order valence-electron chi connectivity index (χ1n) is 9.26. The van der Waals surface area contributed by atoms with E-state index in [4.69, 9.17) is 16.3 Å². The highest BCUT2D eigenvalue weighted by Crippen LogP contribution is 2.31. The normalized spacial score (nSPS) is 21.7. The van der Waals surface area contributed by atoms with Crippen molar-refractivity contribution in [2.75, 3.05) is 40.4 Å². The highest BCUT2D eigenvalue weighted by molar-refractivity contribution is 6.32.